The summed E-state index contributed by atoms with van der Waals surface area (Å²) in [6.07, 6.45) is 0. The molecule has 110 valence electrons. The van der Waals surface area contributed by atoms with Crippen LogP contribution in [0, 0.1) is 0 Å². The number of ether oxygens (including phenoxy) is 1. The minimum absolute atomic E-state index is 0.157. The molecule has 7 heteroatoms. The molecule has 0 spiro atoms. The van der Waals surface area contributed by atoms with Crippen LogP contribution in [0.2, 0.25) is 0 Å². The van der Waals surface area contributed by atoms with Crippen molar-refractivity contribution in [2.45, 2.75) is 4.90 Å². The molecule has 0 aliphatic carbocycles. The summed E-state index contributed by atoms with van der Waals surface area (Å²) in [5.41, 5.74) is 0.379. The van der Waals surface area contributed by atoms with Gasteiger partial charge < -0.3 is 10.1 Å². The Morgan fingerprint density at radius 2 is 2.00 bits per heavy atom. The van der Waals surface area contributed by atoms with E-state index in [0.717, 1.165) is 9.37 Å². The third-order valence-electron chi connectivity index (χ3n) is 2.51. The summed E-state index contributed by atoms with van der Waals surface area (Å²) in [6, 6.07) is 9.36. The summed E-state index contributed by atoms with van der Waals surface area (Å²) in [5.74, 6) is -0.331. The zero-order valence-electron chi connectivity index (χ0n) is 11.1. The normalized spacial score (nSPS) is 10.2. The average molecular weight is 386 g/mol. The Hall–Kier alpha value is -1.31. The van der Waals surface area contributed by atoms with Crippen molar-refractivity contribution in [1.82, 2.24) is 0 Å². The zero-order chi connectivity index (χ0) is 15.2. The maximum absolute atomic E-state index is 11.9. The molecule has 0 radical (unpaired) electrons. The Morgan fingerprint density at radius 1 is 1.29 bits per heavy atom. The third-order valence-corrected chi connectivity index (χ3v) is 4.88. The third kappa shape index (κ3) is 4.59. The number of nitrogens with one attached hydrogen (secondary N) is 1. The van der Waals surface area contributed by atoms with Crippen LogP contribution in [-0.2, 0) is 9.53 Å². The first-order valence-corrected chi connectivity index (χ1v) is 8.60. The van der Waals surface area contributed by atoms with Crippen molar-refractivity contribution in [2.24, 2.45) is 0 Å². The summed E-state index contributed by atoms with van der Waals surface area (Å²) in [4.78, 5) is 24.4. The Morgan fingerprint density at radius 3 is 2.67 bits per heavy atom. The van der Waals surface area contributed by atoms with Gasteiger partial charge in [-0.2, -0.15) is 0 Å². The SMILES string of the molecule is COC(=O)c1ccsc1NC(=O)CSc1ccc(Br)cc1. The number of halogens is 1. The summed E-state index contributed by atoms with van der Waals surface area (Å²) in [7, 11) is 1.31. The van der Waals surface area contributed by atoms with Crippen LogP contribution in [0.15, 0.2) is 45.1 Å². The average Bonchev–Trinajstić information content (AvgIpc) is 2.94. The molecular formula is C14H12BrNO3S2. The van der Waals surface area contributed by atoms with Crippen molar-refractivity contribution in [3.63, 3.8) is 0 Å². The van der Waals surface area contributed by atoms with Gasteiger partial charge in [0, 0.05) is 9.37 Å². The number of rotatable bonds is 5. The van der Waals surface area contributed by atoms with E-state index in [9.17, 15) is 9.59 Å². The first-order chi connectivity index (χ1) is 10.1. The number of hydrogen-bond acceptors (Lipinski definition) is 5. The van der Waals surface area contributed by atoms with E-state index in [1.165, 1.54) is 30.2 Å². The second-order valence-corrected chi connectivity index (χ2v) is 6.83. The van der Waals surface area contributed by atoms with E-state index in [1.807, 2.05) is 24.3 Å². The van der Waals surface area contributed by atoms with Crippen molar-refractivity contribution in [3.05, 3.63) is 45.7 Å². The van der Waals surface area contributed by atoms with Crippen LogP contribution in [0.25, 0.3) is 0 Å². The van der Waals surface area contributed by atoms with Gasteiger partial charge in [-0.3, -0.25) is 4.79 Å². The molecule has 0 bridgehead atoms. The summed E-state index contributed by atoms with van der Waals surface area (Å²) < 4.78 is 5.66. The van der Waals surface area contributed by atoms with Gasteiger partial charge in [0.2, 0.25) is 5.91 Å². The number of hydrogen-bond donors (Lipinski definition) is 1. The van der Waals surface area contributed by atoms with Crippen molar-refractivity contribution in [3.8, 4) is 0 Å². The zero-order valence-corrected chi connectivity index (χ0v) is 14.3. The van der Waals surface area contributed by atoms with E-state index in [4.69, 9.17) is 0 Å². The topological polar surface area (TPSA) is 55.4 Å². The van der Waals surface area contributed by atoms with Gasteiger partial charge >= 0.3 is 5.97 Å². The second kappa shape index (κ2) is 7.63. The Bertz CT molecular complexity index is 640. The van der Waals surface area contributed by atoms with Gasteiger partial charge in [0.15, 0.2) is 0 Å². The molecule has 21 heavy (non-hydrogen) atoms. The standard InChI is InChI=1S/C14H12BrNO3S2/c1-19-14(18)11-6-7-20-13(11)16-12(17)8-21-10-4-2-9(15)3-5-10/h2-7H,8H2,1H3,(H,16,17). The molecule has 1 N–H and O–H groups in total. The fourth-order valence-corrected chi connectivity index (χ4v) is 3.27. The van der Waals surface area contributed by atoms with E-state index >= 15 is 0 Å². The lowest BCUT2D eigenvalue weighted by molar-refractivity contribution is -0.113. The number of esters is 1. The summed E-state index contributed by atoms with van der Waals surface area (Å²) in [6.45, 7) is 0. The van der Waals surface area contributed by atoms with Crippen molar-refractivity contribution < 1.29 is 14.3 Å². The maximum Gasteiger partial charge on any atom is 0.340 e. The van der Waals surface area contributed by atoms with Crippen LogP contribution < -0.4 is 5.32 Å². The van der Waals surface area contributed by atoms with Crippen LogP contribution >= 0.6 is 39.0 Å². The Kier molecular flexibility index (Phi) is 5.84. The largest absolute Gasteiger partial charge is 0.465 e. The number of thioether (sulfide) groups is 1. The molecule has 1 aromatic carbocycles. The molecule has 0 saturated carbocycles. The number of methoxy groups -OCH3 is 1. The Labute approximate surface area is 139 Å². The number of amides is 1. The number of thiophene rings is 1. The highest BCUT2D eigenvalue weighted by Gasteiger charge is 2.15. The van der Waals surface area contributed by atoms with Gasteiger partial charge in [-0.1, -0.05) is 15.9 Å². The van der Waals surface area contributed by atoms with Crippen molar-refractivity contribution in [1.29, 1.82) is 0 Å². The smallest absolute Gasteiger partial charge is 0.340 e. The van der Waals surface area contributed by atoms with E-state index in [1.54, 1.807) is 11.4 Å². The second-order valence-electron chi connectivity index (χ2n) is 3.95. The van der Waals surface area contributed by atoms with Gasteiger partial charge in [-0.25, -0.2) is 4.79 Å². The molecule has 1 aromatic heterocycles. The van der Waals surface area contributed by atoms with E-state index < -0.39 is 5.97 Å². The molecule has 0 fully saturated rings. The highest BCUT2D eigenvalue weighted by atomic mass is 79.9. The van der Waals surface area contributed by atoms with E-state index in [2.05, 4.69) is 26.0 Å². The fraction of sp³-hybridized carbons (Fsp3) is 0.143. The van der Waals surface area contributed by atoms with Gasteiger partial charge in [-0.05, 0) is 35.7 Å². The monoisotopic (exact) mass is 385 g/mol. The quantitative estimate of drug-likeness (QED) is 0.623. The van der Waals surface area contributed by atoms with Crippen LogP contribution in [-0.4, -0.2) is 24.7 Å². The highest BCUT2D eigenvalue weighted by Crippen LogP contribution is 2.25. The van der Waals surface area contributed by atoms with Gasteiger partial charge in [0.1, 0.15) is 5.00 Å². The minimum atomic E-state index is -0.452. The van der Waals surface area contributed by atoms with Crippen LogP contribution in [0.1, 0.15) is 10.4 Å². The number of carbonyl (C=O) groups is 2. The van der Waals surface area contributed by atoms with Crippen LogP contribution in [0.4, 0.5) is 5.00 Å². The first kappa shape index (κ1) is 16.1. The fourth-order valence-electron chi connectivity index (χ4n) is 1.52. The first-order valence-electron chi connectivity index (χ1n) is 5.94. The molecule has 2 rings (SSSR count). The molecule has 0 saturated heterocycles. The van der Waals surface area contributed by atoms with Crippen LogP contribution in [0.3, 0.4) is 0 Å². The molecule has 4 nitrogen and oxygen atoms in total. The number of carbonyl (C=O) groups excluding carboxylic acids is 2. The Balaban J connectivity index is 1.92. The molecule has 1 amide bonds. The summed E-state index contributed by atoms with van der Waals surface area (Å²) in [5, 5.41) is 4.99. The summed E-state index contributed by atoms with van der Waals surface area (Å²) >= 11 is 6.09. The van der Waals surface area contributed by atoms with Gasteiger partial charge in [-0.15, -0.1) is 23.1 Å². The molecular weight excluding hydrogens is 374 g/mol. The maximum atomic E-state index is 11.9. The van der Waals surface area contributed by atoms with E-state index in [-0.39, 0.29) is 11.7 Å². The lowest BCUT2D eigenvalue weighted by Crippen LogP contribution is -2.15. The van der Waals surface area contributed by atoms with Crippen molar-refractivity contribution in [2.75, 3.05) is 18.2 Å². The van der Waals surface area contributed by atoms with Crippen LogP contribution in [0.5, 0.6) is 0 Å². The minimum Gasteiger partial charge on any atom is -0.465 e. The van der Waals surface area contributed by atoms with E-state index in [0.29, 0.717) is 10.6 Å². The number of anilines is 1. The molecule has 0 aliphatic rings. The molecule has 0 atom stereocenters. The van der Waals surface area contributed by atoms with Gasteiger partial charge in [0.25, 0.3) is 0 Å². The molecule has 1 heterocycles. The molecule has 0 aliphatic heterocycles. The lowest BCUT2D eigenvalue weighted by Gasteiger charge is -2.05. The van der Waals surface area contributed by atoms with Crippen molar-refractivity contribution >= 4 is 55.9 Å². The lowest BCUT2D eigenvalue weighted by atomic mass is 10.3. The molecule has 2 aromatic rings. The number of benzene rings is 1. The molecule has 0 unspecified atom stereocenters. The van der Waals surface area contributed by atoms with Gasteiger partial charge in [0.05, 0.1) is 18.4 Å². The highest BCUT2D eigenvalue weighted by molar-refractivity contribution is 9.10. The predicted molar refractivity (Wildman–Crippen MR) is 89.2 cm³/mol. The predicted octanol–water partition coefficient (Wildman–Crippen LogP) is 4.03.